The molecular weight excluding hydrogens is 344 g/mol. The zero-order chi connectivity index (χ0) is 18.0. The topological polar surface area (TPSA) is 102 Å². The number of nitrogens with zero attached hydrogens (tertiary/aromatic N) is 2. The number of fused-ring (bicyclic) bond motifs is 1. The molecule has 0 fully saturated rings. The fraction of sp³-hybridized carbons (Fsp3) is 0.375. The van der Waals surface area contributed by atoms with Crippen LogP contribution in [0, 0.1) is 0 Å². The molecule has 2 N–H and O–H groups in total. The number of urea groups is 1. The SMILES string of the molecule is CCOC(=O)C1=C(Cn2cnc3sccc3c2=O)NC(=O)N[C@H]1CC. The molecule has 1 aliphatic heterocycles. The van der Waals surface area contributed by atoms with Crippen molar-refractivity contribution in [3.05, 3.63) is 39.4 Å². The summed E-state index contributed by atoms with van der Waals surface area (Å²) in [6.07, 6.45) is 1.95. The van der Waals surface area contributed by atoms with E-state index in [0.29, 0.717) is 27.9 Å². The number of ether oxygens (including phenoxy) is 1. The highest BCUT2D eigenvalue weighted by molar-refractivity contribution is 7.16. The van der Waals surface area contributed by atoms with Gasteiger partial charge in [0.15, 0.2) is 0 Å². The average Bonchev–Trinajstić information content (AvgIpc) is 3.06. The first-order valence-corrected chi connectivity index (χ1v) is 8.83. The number of nitrogens with one attached hydrogen (secondary N) is 2. The van der Waals surface area contributed by atoms with Crippen molar-refractivity contribution < 1.29 is 14.3 Å². The van der Waals surface area contributed by atoms with Gasteiger partial charge in [-0.2, -0.15) is 0 Å². The second kappa shape index (κ2) is 7.06. The third kappa shape index (κ3) is 3.27. The van der Waals surface area contributed by atoms with Crippen molar-refractivity contribution >= 4 is 33.6 Å². The van der Waals surface area contributed by atoms with Gasteiger partial charge in [0.1, 0.15) is 4.83 Å². The average molecular weight is 362 g/mol. The van der Waals surface area contributed by atoms with Gasteiger partial charge in [0.2, 0.25) is 0 Å². The van der Waals surface area contributed by atoms with Gasteiger partial charge in [0.05, 0.1) is 42.2 Å². The summed E-state index contributed by atoms with van der Waals surface area (Å²) >= 11 is 1.38. The smallest absolute Gasteiger partial charge is 0.337 e. The molecule has 1 atom stereocenters. The van der Waals surface area contributed by atoms with Crippen LogP contribution in [0.2, 0.25) is 0 Å². The molecule has 0 spiro atoms. The first kappa shape index (κ1) is 17.2. The number of rotatable bonds is 5. The summed E-state index contributed by atoms with van der Waals surface area (Å²) in [6, 6.07) is 0.839. The van der Waals surface area contributed by atoms with Crippen molar-refractivity contribution in [3.8, 4) is 0 Å². The first-order valence-electron chi connectivity index (χ1n) is 7.95. The van der Waals surface area contributed by atoms with Crippen LogP contribution in [-0.4, -0.2) is 34.2 Å². The molecule has 0 unspecified atom stereocenters. The zero-order valence-electron chi connectivity index (χ0n) is 13.9. The van der Waals surface area contributed by atoms with E-state index < -0.39 is 18.0 Å². The maximum atomic E-state index is 12.6. The quantitative estimate of drug-likeness (QED) is 0.782. The minimum atomic E-state index is -0.505. The lowest BCUT2D eigenvalue weighted by atomic mass is 10.00. The standard InChI is InChI=1S/C16H18N4O4S/c1-3-10-12(15(22)24-4-2)11(19-16(23)18-10)7-20-8-17-13-9(14(20)21)5-6-25-13/h5-6,8,10H,3-4,7H2,1-2H3,(H2,18,19,23)/t10-/m0/s1. The van der Waals surface area contributed by atoms with E-state index in [2.05, 4.69) is 15.6 Å². The second-order valence-corrected chi connectivity index (χ2v) is 6.38. The maximum absolute atomic E-state index is 12.6. The molecule has 8 nitrogen and oxygen atoms in total. The number of allylic oxidation sites excluding steroid dienone is 1. The summed E-state index contributed by atoms with van der Waals surface area (Å²) in [5, 5.41) is 7.64. The van der Waals surface area contributed by atoms with Crippen molar-refractivity contribution in [2.75, 3.05) is 6.61 Å². The van der Waals surface area contributed by atoms with Gasteiger partial charge in [-0.3, -0.25) is 9.36 Å². The highest BCUT2D eigenvalue weighted by atomic mass is 32.1. The summed E-state index contributed by atoms with van der Waals surface area (Å²) in [5.74, 6) is -0.505. The summed E-state index contributed by atoms with van der Waals surface area (Å²) in [7, 11) is 0. The number of amides is 2. The minimum absolute atomic E-state index is 0.0374. The summed E-state index contributed by atoms with van der Waals surface area (Å²) in [4.78, 5) is 41.7. The van der Waals surface area contributed by atoms with Crippen molar-refractivity contribution in [2.24, 2.45) is 0 Å². The molecule has 0 radical (unpaired) electrons. The third-order valence-electron chi connectivity index (χ3n) is 3.93. The zero-order valence-corrected chi connectivity index (χ0v) is 14.7. The Morgan fingerprint density at radius 3 is 2.92 bits per heavy atom. The van der Waals surface area contributed by atoms with E-state index in [-0.39, 0.29) is 18.7 Å². The Morgan fingerprint density at radius 1 is 1.40 bits per heavy atom. The molecule has 0 saturated carbocycles. The second-order valence-electron chi connectivity index (χ2n) is 5.49. The Bertz CT molecular complexity index is 914. The Labute approximate surface area is 147 Å². The lowest BCUT2D eigenvalue weighted by molar-refractivity contribution is -0.139. The Kier molecular flexibility index (Phi) is 4.84. The van der Waals surface area contributed by atoms with Gasteiger partial charge in [0.25, 0.3) is 5.56 Å². The molecular formula is C16H18N4O4S. The van der Waals surface area contributed by atoms with Crippen molar-refractivity contribution in [1.82, 2.24) is 20.2 Å². The summed E-state index contributed by atoms with van der Waals surface area (Å²) < 4.78 is 6.49. The lowest BCUT2D eigenvalue weighted by Gasteiger charge is -2.28. The molecule has 2 aromatic heterocycles. The van der Waals surface area contributed by atoms with E-state index in [1.54, 1.807) is 18.4 Å². The molecule has 0 aromatic carbocycles. The van der Waals surface area contributed by atoms with Gasteiger partial charge in [-0.05, 0) is 24.8 Å². The minimum Gasteiger partial charge on any atom is -0.463 e. The number of carbonyl (C=O) groups is 2. The number of hydrogen-bond donors (Lipinski definition) is 2. The van der Waals surface area contributed by atoms with Crippen molar-refractivity contribution in [3.63, 3.8) is 0 Å². The lowest BCUT2D eigenvalue weighted by Crippen LogP contribution is -2.51. The molecule has 1 aliphatic rings. The number of thiophene rings is 1. The van der Waals surface area contributed by atoms with Crippen LogP contribution in [-0.2, 0) is 16.1 Å². The molecule has 2 aromatic rings. The van der Waals surface area contributed by atoms with Gasteiger partial charge in [-0.1, -0.05) is 6.92 Å². The summed E-state index contributed by atoms with van der Waals surface area (Å²) in [5.41, 5.74) is 0.469. The number of esters is 1. The molecule has 3 rings (SSSR count). The monoisotopic (exact) mass is 362 g/mol. The van der Waals surface area contributed by atoms with E-state index in [0.717, 1.165) is 0 Å². The van der Waals surface area contributed by atoms with Crippen LogP contribution in [0.1, 0.15) is 20.3 Å². The van der Waals surface area contributed by atoms with E-state index in [1.165, 1.54) is 22.2 Å². The molecule has 0 aliphatic carbocycles. The molecule has 3 heterocycles. The fourth-order valence-electron chi connectivity index (χ4n) is 2.76. The Morgan fingerprint density at radius 2 is 2.20 bits per heavy atom. The fourth-order valence-corrected chi connectivity index (χ4v) is 3.49. The highest BCUT2D eigenvalue weighted by Gasteiger charge is 2.31. The van der Waals surface area contributed by atoms with Crippen LogP contribution in [0.4, 0.5) is 4.79 Å². The third-order valence-corrected chi connectivity index (χ3v) is 4.75. The molecule has 25 heavy (non-hydrogen) atoms. The van der Waals surface area contributed by atoms with Crippen LogP contribution >= 0.6 is 11.3 Å². The van der Waals surface area contributed by atoms with E-state index in [4.69, 9.17) is 4.74 Å². The predicted molar refractivity (Wildman–Crippen MR) is 93.3 cm³/mol. The van der Waals surface area contributed by atoms with Crippen molar-refractivity contribution in [2.45, 2.75) is 32.9 Å². The predicted octanol–water partition coefficient (Wildman–Crippen LogP) is 1.37. The number of carbonyl (C=O) groups excluding carboxylic acids is 2. The van der Waals surface area contributed by atoms with E-state index in [9.17, 15) is 14.4 Å². The molecule has 0 saturated heterocycles. The molecule has 132 valence electrons. The molecule has 9 heteroatoms. The van der Waals surface area contributed by atoms with Crippen LogP contribution in [0.5, 0.6) is 0 Å². The van der Waals surface area contributed by atoms with Gasteiger partial charge in [-0.15, -0.1) is 11.3 Å². The Balaban J connectivity index is 2.05. The number of aromatic nitrogens is 2. The van der Waals surface area contributed by atoms with Gasteiger partial charge < -0.3 is 15.4 Å². The maximum Gasteiger partial charge on any atom is 0.337 e. The van der Waals surface area contributed by atoms with Crippen molar-refractivity contribution in [1.29, 1.82) is 0 Å². The van der Waals surface area contributed by atoms with Crippen LogP contribution in [0.25, 0.3) is 10.2 Å². The van der Waals surface area contributed by atoms with Crippen LogP contribution in [0.3, 0.4) is 0 Å². The van der Waals surface area contributed by atoms with Crippen LogP contribution in [0.15, 0.2) is 33.8 Å². The Hall–Kier alpha value is -2.68. The van der Waals surface area contributed by atoms with Gasteiger partial charge in [0, 0.05) is 0 Å². The largest absolute Gasteiger partial charge is 0.463 e. The first-order chi connectivity index (χ1) is 12.0. The normalized spacial score (nSPS) is 17.4. The van der Waals surface area contributed by atoms with E-state index in [1.807, 2.05) is 6.92 Å². The molecule has 0 bridgehead atoms. The van der Waals surface area contributed by atoms with E-state index >= 15 is 0 Å². The number of hydrogen-bond acceptors (Lipinski definition) is 6. The van der Waals surface area contributed by atoms with Crippen LogP contribution < -0.4 is 16.2 Å². The highest BCUT2D eigenvalue weighted by Crippen LogP contribution is 2.19. The van der Waals surface area contributed by atoms with Gasteiger partial charge in [-0.25, -0.2) is 14.6 Å². The van der Waals surface area contributed by atoms with Gasteiger partial charge >= 0.3 is 12.0 Å². The summed E-state index contributed by atoms with van der Waals surface area (Å²) in [6.45, 7) is 3.84. The molecule has 2 amide bonds.